The maximum atomic E-state index is 13.2. The van der Waals surface area contributed by atoms with Crippen molar-refractivity contribution < 1.29 is 4.39 Å². The second-order valence-corrected chi connectivity index (χ2v) is 5.49. The highest BCUT2D eigenvalue weighted by atomic mass is 35.5. The normalized spacial score (nSPS) is 12.4. The van der Waals surface area contributed by atoms with Crippen molar-refractivity contribution in [3.05, 3.63) is 58.4 Å². The van der Waals surface area contributed by atoms with Gasteiger partial charge in [0, 0.05) is 12.4 Å². The van der Waals surface area contributed by atoms with Crippen LogP contribution in [-0.4, -0.2) is 16.5 Å². The summed E-state index contributed by atoms with van der Waals surface area (Å²) in [6.07, 6.45) is 5.30. The summed E-state index contributed by atoms with van der Waals surface area (Å²) in [4.78, 5) is 8.77. The van der Waals surface area contributed by atoms with Crippen LogP contribution in [0, 0.1) is 12.7 Å². The van der Waals surface area contributed by atoms with Crippen LogP contribution in [0.15, 0.2) is 30.6 Å². The van der Waals surface area contributed by atoms with Crippen LogP contribution >= 0.6 is 11.6 Å². The van der Waals surface area contributed by atoms with Crippen molar-refractivity contribution in [1.82, 2.24) is 15.3 Å². The molecule has 1 heterocycles. The van der Waals surface area contributed by atoms with E-state index in [4.69, 9.17) is 11.6 Å². The molecule has 0 aliphatic carbocycles. The van der Waals surface area contributed by atoms with Crippen LogP contribution in [0.5, 0.6) is 0 Å². The quantitative estimate of drug-likeness (QED) is 0.880. The van der Waals surface area contributed by atoms with Crippen LogP contribution in [0.1, 0.15) is 36.3 Å². The van der Waals surface area contributed by atoms with Gasteiger partial charge in [-0.2, -0.15) is 0 Å². The first-order valence-corrected chi connectivity index (χ1v) is 7.43. The topological polar surface area (TPSA) is 37.8 Å². The van der Waals surface area contributed by atoms with Gasteiger partial charge in [0.15, 0.2) is 0 Å². The number of nitrogens with one attached hydrogen (secondary N) is 1. The predicted octanol–water partition coefficient (Wildman–Crippen LogP) is 3.86. The van der Waals surface area contributed by atoms with Gasteiger partial charge in [-0.1, -0.05) is 24.6 Å². The van der Waals surface area contributed by atoms with Gasteiger partial charge in [-0.05, 0) is 49.6 Å². The number of rotatable bonds is 6. The first-order valence-electron chi connectivity index (χ1n) is 7.06. The fourth-order valence-corrected chi connectivity index (χ4v) is 2.26. The van der Waals surface area contributed by atoms with Crippen molar-refractivity contribution in [2.24, 2.45) is 0 Å². The SMILES string of the molecule is CCCNC(Cc1ccc(F)c(Cl)c1)c1ncc(C)cn1. The summed E-state index contributed by atoms with van der Waals surface area (Å²) in [5, 5.41) is 3.57. The van der Waals surface area contributed by atoms with E-state index < -0.39 is 5.82 Å². The third-order valence-corrected chi connectivity index (χ3v) is 3.47. The lowest BCUT2D eigenvalue weighted by molar-refractivity contribution is 0.503. The standard InChI is InChI=1S/C16H19ClFN3/c1-3-6-19-15(16-20-9-11(2)10-21-16)8-12-4-5-14(18)13(17)7-12/h4-5,7,9-10,15,19H,3,6,8H2,1-2H3. The van der Waals surface area contributed by atoms with Gasteiger partial charge >= 0.3 is 0 Å². The number of hydrogen-bond acceptors (Lipinski definition) is 3. The molecule has 112 valence electrons. The minimum absolute atomic E-state index is 0.00734. The predicted molar refractivity (Wildman–Crippen MR) is 82.9 cm³/mol. The number of nitrogens with zero attached hydrogens (tertiary/aromatic N) is 2. The summed E-state index contributed by atoms with van der Waals surface area (Å²) in [5.74, 6) is 0.347. The van der Waals surface area contributed by atoms with Crippen LogP contribution in [-0.2, 0) is 6.42 Å². The molecule has 1 aromatic carbocycles. The smallest absolute Gasteiger partial charge is 0.145 e. The van der Waals surface area contributed by atoms with E-state index in [1.165, 1.54) is 6.07 Å². The third-order valence-electron chi connectivity index (χ3n) is 3.18. The molecule has 21 heavy (non-hydrogen) atoms. The van der Waals surface area contributed by atoms with Crippen molar-refractivity contribution >= 4 is 11.6 Å². The molecule has 1 unspecified atom stereocenters. The molecule has 0 amide bonds. The minimum atomic E-state index is -0.398. The van der Waals surface area contributed by atoms with Crippen molar-refractivity contribution in [2.45, 2.75) is 32.7 Å². The largest absolute Gasteiger partial charge is 0.307 e. The highest BCUT2D eigenvalue weighted by Crippen LogP contribution is 2.20. The monoisotopic (exact) mass is 307 g/mol. The van der Waals surface area contributed by atoms with Crippen molar-refractivity contribution in [2.75, 3.05) is 6.54 Å². The van der Waals surface area contributed by atoms with Crippen molar-refractivity contribution in [1.29, 1.82) is 0 Å². The molecule has 1 aromatic heterocycles. The average Bonchev–Trinajstić information content (AvgIpc) is 2.48. The van der Waals surface area contributed by atoms with Gasteiger partial charge in [0.05, 0.1) is 11.1 Å². The average molecular weight is 308 g/mol. The lowest BCUT2D eigenvalue weighted by atomic mass is 10.0. The maximum Gasteiger partial charge on any atom is 0.145 e. The van der Waals surface area contributed by atoms with Gasteiger partial charge in [-0.25, -0.2) is 14.4 Å². The van der Waals surface area contributed by atoms with E-state index in [0.717, 1.165) is 29.9 Å². The molecule has 0 saturated heterocycles. The Balaban J connectivity index is 2.19. The summed E-state index contributed by atoms with van der Waals surface area (Å²) in [6.45, 7) is 4.93. The first kappa shape index (κ1) is 15.9. The Morgan fingerprint density at radius 2 is 2.00 bits per heavy atom. The zero-order chi connectivity index (χ0) is 15.2. The summed E-state index contributed by atoms with van der Waals surface area (Å²) >= 11 is 5.84. The van der Waals surface area contributed by atoms with Crippen molar-refractivity contribution in [3.63, 3.8) is 0 Å². The van der Waals surface area contributed by atoms with Gasteiger partial charge in [0.2, 0.25) is 0 Å². The molecule has 3 nitrogen and oxygen atoms in total. The molecular formula is C16H19ClFN3. The Hall–Kier alpha value is -1.52. The van der Waals surface area contributed by atoms with E-state index in [9.17, 15) is 4.39 Å². The second kappa shape index (κ2) is 7.48. The lowest BCUT2D eigenvalue weighted by Gasteiger charge is -2.17. The van der Waals surface area contributed by atoms with E-state index in [1.807, 2.05) is 6.92 Å². The zero-order valence-corrected chi connectivity index (χ0v) is 13.0. The Bertz CT molecular complexity index is 587. The minimum Gasteiger partial charge on any atom is -0.307 e. The molecule has 0 bridgehead atoms. The highest BCUT2D eigenvalue weighted by Gasteiger charge is 2.15. The molecule has 0 aliphatic heterocycles. The van der Waals surface area contributed by atoms with E-state index in [-0.39, 0.29) is 11.1 Å². The molecule has 0 aliphatic rings. The van der Waals surface area contributed by atoms with Crippen LogP contribution in [0.2, 0.25) is 5.02 Å². The molecule has 1 N–H and O–H groups in total. The summed E-state index contributed by atoms with van der Waals surface area (Å²) in [5.41, 5.74) is 1.98. The van der Waals surface area contributed by atoms with Crippen LogP contribution < -0.4 is 5.32 Å². The summed E-state index contributed by atoms with van der Waals surface area (Å²) in [7, 11) is 0. The lowest BCUT2D eigenvalue weighted by Crippen LogP contribution is -2.26. The van der Waals surface area contributed by atoms with Gasteiger partial charge in [0.1, 0.15) is 11.6 Å². The molecule has 0 radical (unpaired) electrons. The molecule has 0 fully saturated rings. The van der Waals surface area contributed by atoms with Gasteiger partial charge in [0.25, 0.3) is 0 Å². The van der Waals surface area contributed by atoms with Crippen molar-refractivity contribution in [3.8, 4) is 0 Å². The van der Waals surface area contributed by atoms with Gasteiger partial charge < -0.3 is 5.32 Å². The van der Waals surface area contributed by atoms with Gasteiger partial charge in [-0.15, -0.1) is 0 Å². The first-order chi connectivity index (χ1) is 10.1. The summed E-state index contributed by atoms with van der Waals surface area (Å²) < 4.78 is 13.2. The number of halogens is 2. The molecule has 2 aromatic rings. The fourth-order valence-electron chi connectivity index (χ4n) is 2.06. The van der Waals surface area contributed by atoms with Crippen LogP contribution in [0.4, 0.5) is 4.39 Å². The van der Waals surface area contributed by atoms with Crippen LogP contribution in [0.25, 0.3) is 0 Å². The molecule has 0 spiro atoms. The maximum absolute atomic E-state index is 13.2. The Morgan fingerprint density at radius 3 is 2.62 bits per heavy atom. The Morgan fingerprint density at radius 1 is 1.29 bits per heavy atom. The fraction of sp³-hybridized carbons (Fsp3) is 0.375. The molecule has 2 rings (SSSR count). The molecule has 1 atom stereocenters. The number of aryl methyl sites for hydroxylation is 1. The Labute approximate surface area is 129 Å². The van der Waals surface area contributed by atoms with E-state index in [1.54, 1.807) is 24.5 Å². The Kier molecular flexibility index (Phi) is 5.65. The molecular weight excluding hydrogens is 289 g/mol. The number of hydrogen-bond donors (Lipinski definition) is 1. The van der Waals surface area contributed by atoms with Gasteiger partial charge in [-0.3, -0.25) is 0 Å². The zero-order valence-electron chi connectivity index (χ0n) is 12.2. The number of benzene rings is 1. The molecule has 5 heteroatoms. The second-order valence-electron chi connectivity index (χ2n) is 5.08. The van der Waals surface area contributed by atoms with Crippen LogP contribution in [0.3, 0.4) is 0 Å². The van der Waals surface area contributed by atoms with E-state index in [2.05, 4.69) is 22.2 Å². The van der Waals surface area contributed by atoms with E-state index >= 15 is 0 Å². The third kappa shape index (κ3) is 4.48. The molecule has 0 saturated carbocycles. The number of aromatic nitrogens is 2. The highest BCUT2D eigenvalue weighted by molar-refractivity contribution is 6.30. The summed E-state index contributed by atoms with van der Waals surface area (Å²) in [6, 6.07) is 4.79. The van der Waals surface area contributed by atoms with E-state index in [0.29, 0.717) is 6.42 Å².